The predicted octanol–water partition coefficient (Wildman–Crippen LogP) is 1.30. The number of piperazine rings is 1. The average Bonchev–Trinajstić information content (AvgIpc) is 3.10. The van der Waals surface area contributed by atoms with Gasteiger partial charge in [-0.3, -0.25) is 4.79 Å². The normalized spacial score (nSPS) is 18.1. The summed E-state index contributed by atoms with van der Waals surface area (Å²) in [5.41, 5.74) is 2.40. The number of likely N-dealkylation sites (N-methyl/N-ethyl adjacent to an activating group) is 1. The van der Waals surface area contributed by atoms with E-state index in [4.69, 9.17) is 0 Å². The van der Waals surface area contributed by atoms with Crippen molar-refractivity contribution in [1.82, 2.24) is 24.5 Å². The van der Waals surface area contributed by atoms with Crippen LogP contribution in [0.5, 0.6) is 0 Å². The molecule has 2 aliphatic rings. The zero-order chi connectivity index (χ0) is 18.1. The first kappa shape index (κ1) is 16.8. The standard InChI is InChI=1S/C19H23N5O2/c1-21-9-11-22(12-10-21)18(25)16-13-20-24-17(16)7-8-23(19(24)26)14-15-5-3-2-4-6-15/h2-6,13H,7-12,14H2,1H3. The van der Waals surface area contributed by atoms with E-state index in [2.05, 4.69) is 17.0 Å². The molecule has 0 atom stereocenters. The molecule has 0 N–H and O–H groups in total. The Bertz CT molecular complexity index is 809. The third kappa shape index (κ3) is 3.10. The van der Waals surface area contributed by atoms with E-state index >= 15 is 0 Å². The Morgan fingerprint density at radius 3 is 2.54 bits per heavy atom. The summed E-state index contributed by atoms with van der Waals surface area (Å²) in [4.78, 5) is 31.5. The minimum Gasteiger partial charge on any atom is -0.336 e. The van der Waals surface area contributed by atoms with Crippen LogP contribution < -0.4 is 0 Å². The van der Waals surface area contributed by atoms with Gasteiger partial charge in [-0.15, -0.1) is 0 Å². The molecule has 1 saturated heterocycles. The number of nitrogens with zero attached hydrogens (tertiary/aromatic N) is 5. The van der Waals surface area contributed by atoms with Gasteiger partial charge in [-0.25, -0.2) is 4.79 Å². The number of carbonyl (C=O) groups is 2. The number of hydrogen-bond acceptors (Lipinski definition) is 4. The second-order valence-electron chi connectivity index (χ2n) is 6.95. The molecular formula is C19H23N5O2. The summed E-state index contributed by atoms with van der Waals surface area (Å²) in [6, 6.07) is 9.75. The summed E-state index contributed by atoms with van der Waals surface area (Å²) >= 11 is 0. The largest absolute Gasteiger partial charge is 0.345 e. The summed E-state index contributed by atoms with van der Waals surface area (Å²) in [6.45, 7) is 4.34. The molecular weight excluding hydrogens is 330 g/mol. The molecule has 0 unspecified atom stereocenters. The van der Waals surface area contributed by atoms with Crippen LogP contribution in [0.1, 0.15) is 21.6 Å². The Balaban J connectivity index is 1.51. The van der Waals surface area contributed by atoms with Crippen LogP contribution in [0.3, 0.4) is 0 Å². The van der Waals surface area contributed by atoms with Gasteiger partial charge in [0, 0.05) is 45.7 Å². The van der Waals surface area contributed by atoms with Gasteiger partial charge in [-0.1, -0.05) is 30.3 Å². The summed E-state index contributed by atoms with van der Waals surface area (Å²) in [5, 5.41) is 4.23. The molecule has 26 heavy (non-hydrogen) atoms. The fraction of sp³-hybridized carbons (Fsp3) is 0.421. The number of rotatable bonds is 3. The maximum atomic E-state index is 12.8. The predicted molar refractivity (Wildman–Crippen MR) is 97.0 cm³/mol. The third-order valence-electron chi connectivity index (χ3n) is 5.18. The van der Waals surface area contributed by atoms with E-state index in [1.165, 1.54) is 4.68 Å². The zero-order valence-corrected chi connectivity index (χ0v) is 15.0. The van der Waals surface area contributed by atoms with Crippen LogP contribution in [0, 0.1) is 0 Å². The lowest BCUT2D eigenvalue weighted by molar-refractivity contribution is 0.0662. The number of fused-ring (bicyclic) bond motifs is 1. The van der Waals surface area contributed by atoms with Crippen LogP contribution in [0.4, 0.5) is 4.79 Å². The van der Waals surface area contributed by atoms with Crippen LogP contribution in [0.2, 0.25) is 0 Å². The van der Waals surface area contributed by atoms with Crippen LogP contribution in [0.25, 0.3) is 0 Å². The van der Waals surface area contributed by atoms with E-state index in [1.807, 2.05) is 35.2 Å². The van der Waals surface area contributed by atoms with Gasteiger partial charge in [0.25, 0.3) is 5.91 Å². The third-order valence-corrected chi connectivity index (χ3v) is 5.18. The topological polar surface area (TPSA) is 61.7 Å². The van der Waals surface area contributed by atoms with Gasteiger partial charge in [-0.2, -0.15) is 9.78 Å². The lowest BCUT2D eigenvalue weighted by atomic mass is 10.1. The van der Waals surface area contributed by atoms with Gasteiger partial charge in [-0.05, 0) is 12.6 Å². The Morgan fingerprint density at radius 1 is 1.08 bits per heavy atom. The molecule has 2 aromatic rings. The molecule has 4 rings (SSSR count). The fourth-order valence-electron chi connectivity index (χ4n) is 3.56. The van der Waals surface area contributed by atoms with Crippen molar-refractivity contribution >= 4 is 11.9 Å². The van der Waals surface area contributed by atoms with Crippen molar-refractivity contribution in [2.45, 2.75) is 13.0 Å². The van der Waals surface area contributed by atoms with Gasteiger partial charge in [0.15, 0.2) is 0 Å². The van der Waals surface area contributed by atoms with Crippen molar-refractivity contribution in [3.8, 4) is 0 Å². The number of carbonyl (C=O) groups excluding carboxylic acids is 2. The molecule has 1 aromatic heterocycles. The number of amides is 2. The minimum absolute atomic E-state index is 0.0105. The van der Waals surface area contributed by atoms with E-state index < -0.39 is 0 Å². The number of hydrogen-bond donors (Lipinski definition) is 0. The maximum absolute atomic E-state index is 12.8. The second kappa shape index (κ2) is 6.92. The van der Waals surface area contributed by atoms with E-state index in [0.717, 1.165) is 24.3 Å². The molecule has 1 fully saturated rings. The van der Waals surface area contributed by atoms with Gasteiger partial charge in [0.05, 0.1) is 17.5 Å². The molecule has 0 bridgehead atoms. The van der Waals surface area contributed by atoms with Crippen molar-refractivity contribution in [1.29, 1.82) is 0 Å². The van der Waals surface area contributed by atoms with Gasteiger partial charge < -0.3 is 14.7 Å². The molecule has 7 heteroatoms. The Kier molecular flexibility index (Phi) is 4.46. The van der Waals surface area contributed by atoms with Crippen molar-refractivity contribution in [3.63, 3.8) is 0 Å². The smallest absolute Gasteiger partial charge is 0.336 e. The first-order valence-electron chi connectivity index (χ1n) is 9.01. The van der Waals surface area contributed by atoms with Crippen LogP contribution in [-0.4, -0.2) is 76.2 Å². The lowest BCUT2D eigenvalue weighted by Crippen LogP contribution is -2.47. The summed E-state index contributed by atoms with van der Waals surface area (Å²) < 4.78 is 1.40. The molecule has 3 heterocycles. The molecule has 1 aromatic carbocycles. The molecule has 7 nitrogen and oxygen atoms in total. The van der Waals surface area contributed by atoms with Crippen molar-refractivity contribution < 1.29 is 9.59 Å². The number of benzene rings is 1. The highest BCUT2D eigenvalue weighted by atomic mass is 16.2. The first-order chi connectivity index (χ1) is 12.6. The Morgan fingerprint density at radius 2 is 1.81 bits per heavy atom. The first-order valence-corrected chi connectivity index (χ1v) is 9.01. The molecule has 0 saturated carbocycles. The fourth-order valence-corrected chi connectivity index (χ4v) is 3.56. The van der Waals surface area contributed by atoms with Crippen LogP contribution in [-0.2, 0) is 13.0 Å². The van der Waals surface area contributed by atoms with E-state index in [-0.39, 0.29) is 11.9 Å². The monoisotopic (exact) mass is 353 g/mol. The minimum atomic E-state index is -0.160. The molecule has 2 aliphatic heterocycles. The highest BCUT2D eigenvalue weighted by Crippen LogP contribution is 2.20. The zero-order valence-electron chi connectivity index (χ0n) is 15.0. The lowest BCUT2D eigenvalue weighted by Gasteiger charge is -2.33. The summed E-state index contributed by atoms with van der Waals surface area (Å²) in [7, 11) is 2.06. The molecule has 2 amide bonds. The summed E-state index contributed by atoms with van der Waals surface area (Å²) in [5.74, 6) is -0.0105. The summed E-state index contributed by atoms with van der Waals surface area (Å²) in [6.07, 6.45) is 2.20. The number of aromatic nitrogens is 2. The van der Waals surface area contributed by atoms with Crippen molar-refractivity contribution in [3.05, 3.63) is 53.3 Å². The molecule has 0 spiro atoms. The SMILES string of the molecule is CN1CCN(C(=O)c2cnn3c2CCN(Cc2ccccc2)C3=O)CC1. The maximum Gasteiger partial charge on any atom is 0.345 e. The average molecular weight is 353 g/mol. The van der Waals surface area contributed by atoms with Gasteiger partial charge >= 0.3 is 6.03 Å². The van der Waals surface area contributed by atoms with Crippen molar-refractivity contribution in [2.24, 2.45) is 0 Å². The highest BCUT2D eigenvalue weighted by Gasteiger charge is 2.31. The van der Waals surface area contributed by atoms with E-state index in [1.54, 1.807) is 11.1 Å². The van der Waals surface area contributed by atoms with E-state index in [9.17, 15) is 9.59 Å². The highest BCUT2D eigenvalue weighted by molar-refractivity contribution is 5.96. The molecule has 136 valence electrons. The van der Waals surface area contributed by atoms with Crippen LogP contribution >= 0.6 is 0 Å². The van der Waals surface area contributed by atoms with Crippen molar-refractivity contribution in [2.75, 3.05) is 39.8 Å². The quantitative estimate of drug-likeness (QED) is 0.834. The Labute approximate surface area is 152 Å². The molecule has 0 radical (unpaired) electrons. The van der Waals surface area contributed by atoms with E-state index in [0.29, 0.717) is 38.2 Å². The Hall–Kier alpha value is -2.67. The van der Waals surface area contributed by atoms with Gasteiger partial charge in [0.1, 0.15) is 0 Å². The van der Waals surface area contributed by atoms with Gasteiger partial charge in [0.2, 0.25) is 0 Å². The molecule has 0 aliphatic carbocycles. The second-order valence-corrected chi connectivity index (χ2v) is 6.95. The van der Waals surface area contributed by atoms with Crippen LogP contribution in [0.15, 0.2) is 36.5 Å².